The largest absolute Gasteiger partial charge is 1.00 e. The van der Waals surface area contributed by atoms with Gasteiger partial charge in [-0.25, -0.2) is 21.0 Å². The number of hydrogen-bond acceptors (Lipinski definition) is 5. The molecule has 0 aromatic heterocycles. The number of aryl methyl sites for hydroxylation is 1. The van der Waals surface area contributed by atoms with E-state index in [0.29, 0.717) is 0 Å². The number of ketones is 1. The molecule has 0 bridgehead atoms. The maximum Gasteiger partial charge on any atom is 1.00 e. The van der Waals surface area contributed by atoms with E-state index in [1.54, 1.807) is 12.1 Å². The van der Waals surface area contributed by atoms with Gasteiger partial charge < -0.3 is 4.79 Å². The van der Waals surface area contributed by atoms with Gasteiger partial charge in [0.05, 0.1) is 5.78 Å². The van der Waals surface area contributed by atoms with Crippen LogP contribution in [0.3, 0.4) is 0 Å². The van der Waals surface area contributed by atoms with Gasteiger partial charge in [0, 0.05) is 35.8 Å². The van der Waals surface area contributed by atoms with Crippen LogP contribution in [0.2, 0.25) is 0 Å². The first-order valence-corrected chi connectivity index (χ1v) is 5.42. The van der Waals surface area contributed by atoms with E-state index in [4.69, 9.17) is 21.0 Å². The molecule has 5 nitrogen and oxygen atoms in total. The summed E-state index contributed by atoms with van der Waals surface area (Å²) < 4.78 is 0. The zero-order chi connectivity index (χ0) is 15.1. The standard InChI is InChI=1S/C15H7N4O.K/c1-10-2-4-11(5-3-10)15(20)14(12(6-16)7-17)13(8-18)9-19;/h2-5H,1H3;/q-1;+1. The van der Waals surface area contributed by atoms with E-state index in [0.717, 1.165) is 5.56 Å². The molecule has 0 aliphatic carbocycles. The fourth-order valence-electron chi connectivity index (χ4n) is 1.47. The van der Waals surface area contributed by atoms with E-state index in [1.807, 2.05) is 6.92 Å². The van der Waals surface area contributed by atoms with E-state index in [1.165, 1.54) is 36.4 Å². The molecule has 0 amide bonds. The van der Waals surface area contributed by atoms with Gasteiger partial charge in [0.25, 0.3) is 0 Å². The van der Waals surface area contributed by atoms with Crippen molar-refractivity contribution in [2.75, 3.05) is 0 Å². The van der Waals surface area contributed by atoms with Gasteiger partial charge >= 0.3 is 51.4 Å². The fraction of sp³-hybridized carbons (Fsp3) is 0.0667. The minimum absolute atomic E-state index is 0. The van der Waals surface area contributed by atoms with Crippen LogP contribution in [0.5, 0.6) is 0 Å². The molecular formula is C15H7KN4O. The molecule has 94 valence electrons. The fourth-order valence-corrected chi connectivity index (χ4v) is 1.47. The summed E-state index contributed by atoms with van der Waals surface area (Å²) in [6.07, 6.45) is 0. The molecule has 0 aliphatic heterocycles. The number of rotatable bonds is 3. The zero-order valence-electron chi connectivity index (χ0n) is 11.5. The minimum atomic E-state index is -0.693. The number of allylic oxidation sites excluding steroid dienone is 2. The predicted octanol–water partition coefficient (Wildman–Crippen LogP) is -0.853. The maximum absolute atomic E-state index is 12.3. The van der Waals surface area contributed by atoms with Gasteiger partial charge in [-0.05, 0) is 12.5 Å². The van der Waals surface area contributed by atoms with E-state index >= 15 is 0 Å². The maximum atomic E-state index is 12.3. The summed E-state index contributed by atoms with van der Waals surface area (Å²) in [7, 11) is 0. The molecule has 0 unspecified atom stereocenters. The second kappa shape index (κ2) is 9.11. The molecule has 1 aromatic rings. The minimum Gasteiger partial charge on any atom is -0.365 e. The van der Waals surface area contributed by atoms with Crippen molar-refractivity contribution >= 4 is 5.78 Å². The Morgan fingerprint density at radius 2 is 1.48 bits per heavy atom. The van der Waals surface area contributed by atoms with E-state index < -0.39 is 22.8 Å². The van der Waals surface area contributed by atoms with Crippen molar-refractivity contribution in [3.63, 3.8) is 0 Å². The number of benzene rings is 1. The second-order valence-corrected chi connectivity index (χ2v) is 3.77. The Labute approximate surface area is 165 Å². The first kappa shape index (κ1) is 19.1. The Bertz CT molecular complexity index is 706. The Kier molecular flexibility index (Phi) is 8.28. The third-order valence-electron chi connectivity index (χ3n) is 2.49. The molecule has 0 atom stereocenters. The van der Waals surface area contributed by atoms with Crippen LogP contribution in [0.4, 0.5) is 0 Å². The molecule has 0 aliphatic rings. The van der Waals surface area contributed by atoms with Crippen molar-refractivity contribution in [3.05, 3.63) is 52.5 Å². The summed E-state index contributed by atoms with van der Waals surface area (Å²) in [5.41, 5.74) is 0.131. The summed E-state index contributed by atoms with van der Waals surface area (Å²) in [4.78, 5) is 12.3. The molecule has 0 fully saturated rings. The molecule has 0 saturated carbocycles. The third kappa shape index (κ3) is 4.55. The Balaban J connectivity index is 0.00000400. The molecule has 0 saturated heterocycles. The van der Waals surface area contributed by atoms with Crippen LogP contribution in [0, 0.1) is 58.2 Å². The van der Waals surface area contributed by atoms with E-state index in [9.17, 15) is 4.79 Å². The summed E-state index contributed by atoms with van der Waals surface area (Å²) in [5.74, 6) is -1.24. The molecule has 1 aromatic carbocycles. The van der Waals surface area contributed by atoms with Gasteiger partial charge in [0.2, 0.25) is 0 Å². The number of carbonyl (C=O) groups is 1. The van der Waals surface area contributed by atoms with Crippen LogP contribution in [0.25, 0.3) is 0 Å². The molecule has 1 rings (SSSR count). The predicted molar refractivity (Wildman–Crippen MR) is 68.2 cm³/mol. The average Bonchev–Trinajstić information content (AvgIpc) is 2.48. The molecule has 0 N–H and O–H groups in total. The zero-order valence-corrected chi connectivity index (χ0v) is 14.6. The summed E-state index contributed by atoms with van der Waals surface area (Å²) in [6.45, 7) is 1.84. The third-order valence-corrected chi connectivity index (χ3v) is 2.49. The first-order valence-electron chi connectivity index (χ1n) is 5.42. The SMILES string of the molecule is Cc1ccc(C(=O)C(=C(C#N)C#N)[C-](C#N)C#N)cc1.[K+]. The molecule has 0 heterocycles. The summed E-state index contributed by atoms with van der Waals surface area (Å²) >= 11 is 0. The van der Waals surface area contributed by atoms with Gasteiger partial charge in [0.1, 0.15) is 0 Å². The number of nitrogens with zero attached hydrogens (tertiary/aromatic N) is 4. The number of hydrogen-bond donors (Lipinski definition) is 0. The Morgan fingerprint density at radius 3 is 1.86 bits per heavy atom. The van der Waals surface area contributed by atoms with Crippen LogP contribution in [0.15, 0.2) is 35.4 Å². The van der Waals surface area contributed by atoms with Crippen LogP contribution in [-0.2, 0) is 0 Å². The smallest absolute Gasteiger partial charge is 0.365 e. The van der Waals surface area contributed by atoms with Crippen molar-refractivity contribution in [2.24, 2.45) is 0 Å². The van der Waals surface area contributed by atoms with Crippen molar-refractivity contribution in [3.8, 4) is 24.3 Å². The quantitative estimate of drug-likeness (QED) is 0.237. The van der Waals surface area contributed by atoms with E-state index in [-0.39, 0.29) is 56.9 Å². The van der Waals surface area contributed by atoms with Crippen LogP contribution < -0.4 is 51.4 Å². The number of carbonyl (C=O) groups excluding carboxylic acids is 1. The van der Waals surface area contributed by atoms with Crippen LogP contribution >= 0.6 is 0 Å². The molecule has 0 radical (unpaired) electrons. The van der Waals surface area contributed by atoms with Crippen LogP contribution in [-0.4, -0.2) is 5.78 Å². The first-order chi connectivity index (χ1) is 9.58. The average molecular weight is 298 g/mol. The van der Waals surface area contributed by atoms with E-state index in [2.05, 4.69) is 0 Å². The molecule has 21 heavy (non-hydrogen) atoms. The normalized spacial score (nSPS) is 7.86. The van der Waals surface area contributed by atoms with Gasteiger partial charge in [-0.15, -0.1) is 0 Å². The van der Waals surface area contributed by atoms with Crippen LogP contribution in [0.1, 0.15) is 15.9 Å². The summed E-state index contributed by atoms with van der Waals surface area (Å²) in [6, 6.07) is 12.5. The van der Waals surface area contributed by atoms with Gasteiger partial charge in [-0.3, -0.25) is 0 Å². The molecule has 0 spiro atoms. The number of nitriles is 4. The topological polar surface area (TPSA) is 112 Å². The molecule has 6 heteroatoms. The second-order valence-electron chi connectivity index (χ2n) is 3.77. The monoisotopic (exact) mass is 298 g/mol. The van der Waals surface area contributed by atoms with Crippen molar-refractivity contribution in [1.29, 1.82) is 21.0 Å². The number of Topliss-reactive ketones (excluding diaryl/α,β-unsaturated/α-hetero) is 1. The Morgan fingerprint density at radius 1 is 1.00 bits per heavy atom. The van der Waals surface area contributed by atoms with Crippen molar-refractivity contribution < 1.29 is 56.2 Å². The van der Waals surface area contributed by atoms with Gasteiger partial charge in [-0.1, -0.05) is 35.4 Å². The van der Waals surface area contributed by atoms with Crippen molar-refractivity contribution in [1.82, 2.24) is 0 Å². The van der Waals surface area contributed by atoms with Crippen molar-refractivity contribution in [2.45, 2.75) is 6.92 Å². The Hall–Kier alpha value is -1.90. The van der Waals surface area contributed by atoms with Gasteiger partial charge in [-0.2, -0.15) is 0 Å². The summed E-state index contributed by atoms with van der Waals surface area (Å²) in [5, 5.41) is 35.4. The van der Waals surface area contributed by atoms with Gasteiger partial charge in [0.15, 0.2) is 0 Å². The molecular weight excluding hydrogens is 291 g/mol.